The first-order chi connectivity index (χ1) is 11.3. The SMILES string of the molecule is CCC(C)(C)N1CCN(C(=O)OC)CC1c1ccccc1C(C)C. The molecule has 1 saturated heterocycles. The quantitative estimate of drug-likeness (QED) is 0.818. The van der Waals surface area contributed by atoms with Crippen molar-refractivity contribution in [3.05, 3.63) is 35.4 Å². The second-order valence-electron chi connectivity index (χ2n) is 7.57. The summed E-state index contributed by atoms with van der Waals surface area (Å²) >= 11 is 0. The van der Waals surface area contributed by atoms with Crippen LogP contribution in [0.2, 0.25) is 0 Å². The summed E-state index contributed by atoms with van der Waals surface area (Å²) in [7, 11) is 1.46. The van der Waals surface area contributed by atoms with E-state index in [0.717, 1.165) is 19.5 Å². The van der Waals surface area contributed by atoms with E-state index < -0.39 is 0 Å². The van der Waals surface area contributed by atoms with E-state index in [4.69, 9.17) is 4.74 Å². The Hall–Kier alpha value is -1.55. The zero-order valence-corrected chi connectivity index (χ0v) is 16.0. The molecule has 0 spiro atoms. The Kier molecular flexibility index (Phi) is 5.92. The second kappa shape index (κ2) is 7.56. The van der Waals surface area contributed by atoms with E-state index in [-0.39, 0.29) is 17.7 Å². The van der Waals surface area contributed by atoms with Crippen molar-refractivity contribution in [2.24, 2.45) is 0 Å². The molecule has 1 heterocycles. The van der Waals surface area contributed by atoms with Crippen LogP contribution in [0.5, 0.6) is 0 Å². The minimum atomic E-state index is -0.226. The Morgan fingerprint density at radius 3 is 2.54 bits per heavy atom. The lowest BCUT2D eigenvalue weighted by Crippen LogP contribution is -2.57. The Balaban J connectivity index is 2.43. The van der Waals surface area contributed by atoms with Crippen molar-refractivity contribution in [1.29, 1.82) is 0 Å². The molecule has 0 aliphatic carbocycles. The van der Waals surface area contributed by atoms with Crippen LogP contribution >= 0.6 is 0 Å². The number of benzene rings is 1. The fourth-order valence-corrected chi connectivity index (χ4v) is 3.61. The largest absolute Gasteiger partial charge is 0.453 e. The number of hydrogen-bond acceptors (Lipinski definition) is 3. The molecular formula is C20H32N2O2. The van der Waals surface area contributed by atoms with E-state index in [1.807, 2.05) is 4.90 Å². The van der Waals surface area contributed by atoms with Crippen molar-refractivity contribution in [2.75, 3.05) is 26.7 Å². The van der Waals surface area contributed by atoms with Gasteiger partial charge in [-0.15, -0.1) is 0 Å². The zero-order valence-electron chi connectivity index (χ0n) is 16.0. The predicted octanol–water partition coefficient (Wildman–Crippen LogP) is 4.42. The second-order valence-corrected chi connectivity index (χ2v) is 7.57. The van der Waals surface area contributed by atoms with Crippen LogP contribution < -0.4 is 0 Å². The topological polar surface area (TPSA) is 32.8 Å². The van der Waals surface area contributed by atoms with Gasteiger partial charge in [-0.25, -0.2) is 4.79 Å². The molecule has 1 fully saturated rings. The van der Waals surface area contributed by atoms with E-state index in [0.29, 0.717) is 12.5 Å². The standard InChI is InChI=1S/C20H32N2O2/c1-7-20(4,5)22-13-12-21(19(23)24-6)14-18(22)17-11-9-8-10-16(17)15(2)3/h8-11,15,18H,7,12-14H2,1-6H3. The van der Waals surface area contributed by atoms with E-state index in [2.05, 4.69) is 63.8 Å². The van der Waals surface area contributed by atoms with Gasteiger partial charge in [0.05, 0.1) is 13.2 Å². The lowest BCUT2D eigenvalue weighted by molar-refractivity contribution is -0.000511. The molecule has 0 aromatic heterocycles. The van der Waals surface area contributed by atoms with E-state index in [1.165, 1.54) is 18.2 Å². The summed E-state index contributed by atoms with van der Waals surface area (Å²) in [5.74, 6) is 0.460. The summed E-state index contributed by atoms with van der Waals surface area (Å²) in [5.41, 5.74) is 2.80. The molecule has 1 aromatic carbocycles. The van der Waals surface area contributed by atoms with Crippen LogP contribution in [0.3, 0.4) is 0 Å². The predicted molar refractivity (Wildman–Crippen MR) is 98.3 cm³/mol. The maximum absolute atomic E-state index is 12.1. The lowest BCUT2D eigenvalue weighted by Gasteiger charge is -2.49. The molecule has 24 heavy (non-hydrogen) atoms. The molecule has 134 valence electrons. The minimum absolute atomic E-state index is 0.0942. The highest BCUT2D eigenvalue weighted by atomic mass is 16.5. The van der Waals surface area contributed by atoms with Gasteiger partial charge >= 0.3 is 6.09 Å². The summed E-state index contributed by atoms with van der Waals surface area (Å²) in [6.07, 6.45) is 0.849. The summed E-state index contributed by atoms with van der Waals surface area (Å²) in [5, 5.41) is 0. The number of methoxy groups -OCH3 is 1. The minimum Gasteiger partial charge on any atom is -0.453 e. The van der Waals surface area contributed by atoms with Crippen molar-refractivity contribution in [3.8, 4) is 0 Å². The van der Waals surface area contributed by atoms with Gasteiger partial charge in [0.2, 0.25) is 0 Å². The van der Waals surface area contributed by atoms with Crippen LogP contribution in [0, 0.1) is 0 Å². The molecule has 1 aliphatic heterocycles. The molecule has 0 bridgehead atoms. The van der Waals surface area contributed by atoms with Gasteiger partial charge in [-0.2, -0.15) is 0 Å². The first kappa shape index (κ1) is 18.8. The van der Waals surface area contributed by atoms with Gasteiger partial charge < -0.3 is 9.64 Å². The fourth-order valence-electron chi connectivity index (χ4n) is 3.61. The zero-order chi connectivity index (χ0) is 17.9. The number of ether oxygens (including phenoxy) is 1. The summed E-state index contributed by atoms with van der Waals surface area (Å²) in [6, 6.07) is 8.85. The number of hydrogen-bond donors (Lipinski definition) is 0. The van der Waals surface area contributed by atoms with Crippen LogP contribution in [0.1, 0.15) is 64.1 Å². The Labute approximate surface area is 146 Å². The van der Waals surface area contributed by atoms with Crippen molar-refractivity contribution in [3.63, 3.8) is 0 Å². The number of carbonyl (C=O) groups is 1. The van der Waals surface area contributed by atoms with Crippen molar-refractivity contribution < 1.29 is 9.53 Å². The molecule has 0 N–H and O–H groups in total. The summed E-state index contributed by atoms with van der Waals surface area (Å²) < 4.78 is 4.97. The van der Waals surface area contributed by atoms with Gasteiger partial charge in [-0.3, -0.25) is 4.90 Å². The number of rotatable bonds is 4. The average molecular weight is 332 g/mol. The highest BCUT2D eigenvalue weighted by molar-refractivity contribution is 5.67. The smallest absolute Gasteiger partial charge is 0.409 e. The number of amides is 1. The van der Waals surface area contributed by atoms with Crippen LogP contribution in [-0.2, 0) is 4.74 Å². The number of carbonyl (C=O) groups excluding carboxylic acids is 1. The van der Waals surface area contributed by atoms with E-state index in [9.17, 15) is 4.79 Å². The molecule has 2 rings (SSSR count). The molecule has 1 amide bonds. The van der Waals surface area contributed by atoms with Crippen molar-refractivity contribution in [2.45, 2.75) is 58.5 Å². The van der Waals surface area contributed by atoms with E-state index >= 15 is 0 Å². The normalized spacial score (nSPS) is 19.6. The molecule has 4 heteroatoms. The molecule has 1 aromatic rings. The maximum atomic E-state index is 12.1. The van der Waals surface area contributed by atoms with Gasteiger partial charge in [-0.05, 0) is 37.3 Å². The van der Waals surface area contributed by atoms with Crippen molar-refractivity contribution >= 4 is 6.09 Å². The van der Waals surface area contributed by atoms with Gasteiger partial charge in [0.1, 0.15) is 0 Å². The van der Waals surface area contributed by atoms with Crippen LogP contribution in [0.25, 0.3) is 0 Å². The molecule has 1 atom stereocenters. The highest BCUT2D eigenvalue weighted by Gasteiger charge is 2.38. The van der Waals surface area contributed by atoms with Gasteiger partial charge in [-0.1, -0.05) is 45.0 Å². The lowest BCUT2D eigenvalue weighted by atomic mass is 9.87. The molecule has 1 aliphatic rings. The Morgan fingerprint density at radius 2 is 1.96 bits per heavy atom. The van der Waals surface area contributed by atoms with E-state index in [1.54, 1.807) is 0 Å². The van der Waals surface area contributed by atoms with Crippen LogP contribution in [0.15, 0.2) is 24.3 Å². The van der Waals surface area contributed by atoms with Gasteiger partial charge in [0.25, 0.3) is 0 Å². The molecule has 0 radical (unpaired) electrons. The van der Waals surface area contributed by atoms with Crippen LogP contribution in [0.4, 0.5) is 4.79 Å². The van der Waals surface area contributed by atoms with Crippen molar-refractivity contribution in [1.82, 2.24) is 9.80 Å². The molecular weight excluding hydrogens is 300 g/mol. The summed E-state index contributed by atoms with van der Waals surface area (Å²) in [6.45, 7) is 13.6. The van der Waals surface area contributed by atoms with Gasteiger partial charge in [0, 0.05) is 25.2 Å². The number of piperazine rings is 1. The highest BCUT2D eigenvalue weighted by Crippen LogP contribution is 2.36. The third-order valence-electron chi connectivity index (χ3n) is 5.43. The first-order valence-electron chi connectivity index (χ1n) is 9.00. The first-order valence-corrected chi connectivity index (χ1v) is 9.00. The number of nitrogens with zero attached hydrogens (tertiary/aromatic N) is 2. The summed E-state index contributed by atoms with van der Waals surface area (Å²) in [4.78, 5) is 16.5. The fraction of sp³-hybridized carbons (Fsp3) is 0.650. The maximum Gasteiger partial charge on any atom is 0.409 e. The monoisotopic (exact) mass is 332 g/mol. The molecule has 4 nitrogen and oxygen atoms in total. The molecule has 0 saturated carbocycles. The molecule has 1 unspecified atom stereocenters. The van der Waals surface area contributed by atoms with Crippen LogP contribution in [-0.4, -0.2) is 48.2 Å². The average Bonchev–Trinajstić information content (AvgIpc) is 2.60. The van der Waals surface area contributed by atoms with Gasteiger partial charge in [0.15, 0.2) is 0 Å². The third-order valence-corrected chi connectivity index (χ3v) is 5.43. The Morgan fingerprint density at radius 1 is 1.29 bits per heavy atom. The Bertz CT molecular complexity index is 569. The third kappa shape index (κ3) is 3.75.